The molecule has 1 aromatic heterocycles. The van der Waals surface area contributed by atoms with E-state index in [-0.39, 0.29) is 11.9 Å². The second kappa shape index (κ2) is 3.42. The van der Waals surface area contributed by atoms with Crippen molar-refractivity contribution in [2.45, 2.75) is 0 Å². The maximum Gasteiger partial charge on any atom is 0.202 e. The van der Waals surface area contributed by atoms with Crippen molar-refractivity contribution in [3.8, 4) is 0 Å². The molecule has 0 radical (unpaired) electrons. The smallest absolute Gasteiger partial charge is 0.202 e. The summed E-state index contributed by atoms with van der Waals surface area (Å²) in [7, 11) is 0. The molecule has 0 bridgehead atoms. The third kappa shape index (κ3) is 2.33. The van der Waals surface area contributed by atoms with Crippen LogP contribution in [0.1, 0.15) is 0 Å². The van der Waals surface area contributed by atoms with Crippen LogP contribution in [0.25, 0.3) is 0 Å². The fraction of sp³-hybridized carbons (Fsp3) is 0. The van der Waals surface area contributed by atoms with Gasteiger partial charge in [0.25, 0.3) is 0 Å². The average Bonchev–Trinajstić information content (AvgIpc) is 2.37. The summed E-state index contributed by atoms with van der Waals surface area (Å²) in [6.07, 6.45) is 1.48. The quantitative estimate of drug-likeness (QED) is 0.302. The number of nitrogens with two attached hydrogens (primary N) is 1. The first kappa shape index (κ1) is 8.12. The second-order valence-corrected chi connectivity index (χ2v) is 2.02. The number of hydrogen-bond donors (Lipinski definition) is 5. The van der Waals surface area contributed by atoms with Crippen LogP contribution in [0.15, 0.2) is 22.8 Å². The summed E-state index contributed by atoms with van der Waals surface area (Å²) < 4.78 is 4.88. The molecule has 6 heteroatoms. The van der Waals surface area contributed by atoms with E-state index >= 15 is 0 Å². The van der Waals surface area contributed by atoms with E-state index in [1.54, 1.807) is 12.1 Å². The first-order chi connectivity index (χ1) is 5.68. The molecule has 6 N–H and O–H groups in total. The van der Waals surface area contributed by atoms with Crippen molar-refractivity contribution in [3.05, 3.63) is 18.4 Å². The van der Waals surface area contributed by atoms with E-state index in [1.165, 1.54) is 6.26 Å². The Morgan fingerprint density at radius 3 is 2.75 bits per heavy atom. The van der Waals surface area contributed by atoms with E-state index in [9.17, 15) is 0 Å². The van der Waals surface area contributed by atoms with Gasteiger partial charge in [0.2, 0.25) is 5.96 Å². The molecule has 0 saturated carbocycles. The predicted octanol–water partition coefficient (Wildman–Crippen LogP) is 0.109. The van der Waals surface area contributed by atoms with Crippen molar-refractivity contribution in [2.75, 3.05) is 5.32 Å². The summed E-state index contributed by atoms with van der Waals surface area (Å²) in [6.45, 7) is 0. The molecule has 1 heterocycles. The number of furan rings is 1. The van der Waals surface area contributed by atoms with Crippen LogP contribution in [0.5, 0.6) is 0 Å². The lowest BCUT2D eigenvalue weighted by atomic mass is 10.6. The SMILES string of the molecule is N=C(N)NC(=N)Nc1ccco1. The van der Waals surface area contributed by atoms with Gasteiger partial charge >= 0.3 is 0 Å². The van der Waals surface area contributed by atoms with Gasteiger partial charge in [0.05, 0.1) is 6.26 Å². The molecule has 0 aliphatic heterocycles. The number of hydrogen-bond acceptors (Lipinski definition) is 3. The molecule has 0 aliphatic carbocycles. The molecule has 0 spiro atoms. The van der Waals surface area contributed by atoms with Crippen molar-refractivity contribution in [3.63, 3.8) is 0 Å². The van der Waals surface area contributed by atoms with E-state index in [0.29, 0.717) is 5.88 Å². The van der Waals surface area contributed by atoms with Gasteiger partial charge in [-0.25, -0.2) is 0 Å². The maximum atomic E-state index is 7.19. The van der Waals surface area contributed by atoms with Crippen LogP contribution in [0, 0.1) is 10.8 Å². The molecule has 1 rings (SSSR count). The van der Waals surface area contributed by atoms with Crippen LogP contribution >= 0.6 is 0 Å². The number of rotatable bonds is 1. The maximum absolute atomic E-state index is 7.19. The Morgan fingerprint density at radius 2 is 2.25 bits per heavy atom. The lowest BCUT2D eigenvalue weighted by Gasteiger charge is -2.04. The molecule has 64 valence electrons. The minimum atomic E-state index is -0.293. The van der Waals surface area contributed by atoms with Crippen molar-refractivity contribution < 1.29 is 4.42 Å². The Balaban J connectivity index is 2.42. The Hall–Kier alpha value is -1.98. The third-order valence-corrected chi connectivity index (χ3v) is 1.03. The molecular weight excluding hydrogens is 158 g/mol. The lowest BCUT2D eigenvalue weighted by molar-refractivity contribution is 0.586. The molecule has 0 amide bonds. The van der Waals surface area contributed by atoms with E-state index in [2.05, 4.69) is 10.6 Å². The highest BCUT2D eigenvalue weighted by molar-refractivity contribution is 6.01. The van der Waals surface area contributed by atoms with E-state index in [1.807, 2.05) is 0 Å². The molecule has 0 atom stereocenters. The fourth-order valence-corrected chi connectivity index (χ4v) is 0.639. The zero-order chi connectivity index (χ0) is 8.97. The molecule has 6 nitrogen and oxygen atoms in total. The minimum Gasteiger partial charge on any atom is -0.449 e. The number of guanidine groups is 2. The summed E-state index contributed by atoms with van der Waals surface area (Å²) in [5, 5.41) is 18.8. The first-order valence-corrected chi connectivity index (χ1v) is 3.18. The van der Waals surface area contributed by atoms with Gasteiger partial charge in [-0.15, -0.1) is 0 Å². The van der Waals surface area contributed by atoms with E-state index in [4.69, 9.17) is 21.0 Å². The second-order valence-electron chi connectivity index (χ2n) is 2.02. The molecule has 0 fully saturated rings. The largest absolute Gasteiger partial charge is 0.449 e. The van der Waals surface area contributed by atoms with E-state index in [0.717, 1.165) is 0 Å². The van der Waals surface area contributed by atoms with Gasteiger partial charge in [0.15, 0.2) is 11.8 Å². The Kier molecular flexibility index (Phi) is 2.32. The zero-order valence-electron chi connectivity index (χ0n) is 6.22. The van der Waals surface area contributed by atoms with Gasteiger partial charge in [-0.1, -0.05) is 0 Å². The van der Waals surface area contributed by atoms with Crippen LogP contribution in [0.2, 0.25) is 0 Å². The number of anilines is 1. The molecular formula is C6H9N5O. The van der Waals surface area contributed by atoms with Gasteiger partial charge in [0.1, 0.15) is 0 Å². The molecule has 1 aromatic rings. The summed E-state index contributed by atoms with van der Waals surface area (Å²) >= 11 is 0. The zero-order valence-corrected chi connectivity index (χ0v) is 6.22. The predicted molar refractivity (Wildman–Crippen MR) is 45.1 cm³/mol. The standard InChI is InChI=1S/C6H9N5O/c7-5(8)11-6(9)10-4-2-1-3-12-4/h1-3H,(H6,7,8,9,10,11). The topological polar surface area (TPSA) is 111 Å². The van der Waals surface area contributed by atoms with Gasteiger partial charge < -0.3 is 10.2 Å². The monoisotopic (exact) mass is 167 g/mol. The summed E-state index contributed by atoms with van der Waals surface area (Å²) in [4.78, 5) is 0. The number of nitrogens with one attached hydrogen (secondary N) is 4. The van der Waals surface area contributed by atoms with Crippen molar-refractivity contribution in [2.24, 2.45) is 5.73 Å². The van der Waals surface area contributed by atoms with E-state index < -0.39 is 0 Å². The summed E-state index contributed by atoms with van der Waals surface area (Å²) in [5.74, 6) is 0.0326. The van der Waals surface area contributed by atoms with Crippen molar-refractivity contribution in [1.29, 1.82) is 10.8 Å². The fourth-order valence-electron chi connectivity index (χ4n) is 0.639. The van der Waals surface area contributed by atoms with Crippen LogP contribution in [-0.4, -0.2) is 11.9 Å². The highest BCUT2D eigenvalue weighted by Crippen LogP contribution is 2.04. The molecule has 12 heavy (non-hydrogen) atoms. The van der Waals surface area contributed by atoms with Gasteiger partial charge in [-0.2, -0.15) is 0 Å². The highest BCUT2D eigenvalue weighted by Gasteiger charge is 1.98. The van der Waals surface area contributed by atoms with Gasteiger partial charge in [-0.05, 0) is 6.07 Å². The Bertz CT molecular complexity index is 278. The first-order valence-electron chi connectivity index (χ1n) is 3.18. The summed E-state index contributed by atoms with van der Waals surface area (Å²) in [5.41, 5.74) is 4.98. The molecule has 0 unspecified atom stereocenters. The average molecular weight is 167 g/mol. The molecule has 0 aliphatic rings. The summed E-state index contributed by atoms with van der Waals surface area (Å²) in [6, 6.07) is 3.33. The van der Waals surface area contributed by atoms with Crippen LogP contribution in [0.4, 0.5) is 5.88 Å². The normalized spacial score (nSPS) is 9.00. The van der Waals surface area contributed by atoms with Crippen molar-refractivity contribution in [1.82, 2.24) is 5.32 Å². The third-order valence-electron chi connectivity index (χ3n) is 1.03. The van der Waals surface area contributed by atoms with Crippen LogP contribution < -0.4 is 16.4 Å². The Morgan fingerprint density at radius 1 is 1.50 bits per heavy atom. The molecule has 0 saturated heterocycles. The van der Waals surface area contributed by atoms with Crippen molar-refractivity contribution >= 4 is 17.8 Å². The Labute approximate surface area is 68.8 Å². The minimum absolute atomic E-state index is 0.0996. The lowest BCUT2D eigenvalue weighted by Crippen LogP contribution is -2.39. The van der Waals surface area contributed by atoms with Gasteiger partial charge in [-0.3, -0.25) is 21.5 Å². The van der Waals surface area contributed by atoms with Gasteiger partial charge in [0, 0.05) is 6.07 Å². The highest BCUT2D eigenvalue weighted by atomic mass is 16.3. The van der Waals surface area contributed by atoms with Crippen LogP contribution in [-0.2, 0) is 0 Å². The molecule has 0 aromatic carbocycles. The van der Waals surface area contributed by atoms with Crippen LogP contribution in [0.3, 0.4) is 0 Å².